The topological polar surface area (TPSA) is 94.4 Å². The molecule has 178 valence electrons. The third kappa shape index (κ3) is 4.83. The maximum absolute atomic E-state index is 13.3. The minimum Gasteiger partial charge on any atom is -0.454 e. The number of benzene rings is 1. The van der Waals surface area contributed by atoms with Crippen molar-refractivity contribution in [2.45, 2.75) is 51.5 Å². The van der Waals surface area contributed by atoms with Gasteiger partial charge in [0.05, 0.1) is 0 Å². The second-order valence-corrected chi connectivity index (χ2v) is 8.63. The number of aromatic nitrogens is 4. The molecule has 0 spiro atoms. The van der Waals surface area contributed by atoms with Crippen molar-refractivity contribution in [3.8, 4) is 17.4 Å². The van der Waals surface area contributed by atoms with Crippen molar-refractivity contribution in [2.24, 2.45) is 0 Å². The summed E-state index contributed by atoms with van der Waals surface area (Å²) in [5, 5.41) is 3.16. The number of aryl methyl sites for hydroxylation is 1. The van der Waals surface area contributed by atoms with Gasteiger partial charge in [-0.3, -0.25) is 9.36 Å². The zero-order valence-corrected chi connectivity index (χ0v) is 19.4. The number of hydrogen-bond donors (Lipinski definition) is 1. The van der Waals surface area contributed by atoms with E-state index >= 15 is 0 Å². The van der Waals surface area contributed by atoms with Crippen LogP contribution in [0.3, 0.4) is 0 Å². The van der Waals surface area contributed by atoms with Gasteiger partial charge in [-0.05, 0) is 43.4 Å². The number of nitrogens with one attached hydrogen (secondary N) is 1. The molecule has 5 rings (SSSR count). The van der Waals surface area contributed by atoms with Gasteiger partial charge < -0.3 is 19.7 Å². The van der Waals surface area contributed by atoms with Crippen LogP contribution in [0.25, 0.3) is 5.95 Å². The first-order valence-electron chi connectivity index (χ1n) is 12.0. The average molecular weight is 463 g/mol. The molecule has 1 atom stereocenters. The molecule has 9 heteroatoms. The molecular formula is C25H30N6O3. The van der Waals surface area contributed by atoms with Crippen LogP contribution >= 0.6 is 0 Å². The fourth-order valence-corrected chi connectivity index (χ4v) is 4.49. The van der Waals surface area contributed by atoms with Gasteiger partial charge in [0.1, 0.15) is 18.2 Å². The Labute approximate surface area is 199 Å². The van der Waals surface area contributed by atoms with E-state index in [2.05, 4.69) is 27.1 Å². The van der Waals surface area contributed by atoms with E-state index in [9.17, 15) is 4.79 Å². The van der Waals surface area contributed by atoms with E-state index in [4.69, 9.17) is 14.5 Å². The Balaban J connectivity index is 1.31. The van der Waals surface area contributed by atoms with Crippen molar-refractivity contribution < 1.29 is 14.3 Å². The first-order chi connectivity index (χ1) is 16.7. The number of ether oxygens (including phenoxy) is 2. The lowest BCUT2D eigenvalue weighted by Crippen LogP contribution is -2.47. The number of imidazole rings is 1. The summed E-state index contributed by atoms with van der Waals surface area (Å²) < 4.78 is 12.6. The highest BCUT2D eigenvalue weighted by molar-refractivity contribution is 5.85. The van der Waals surface area contributed by atoms with E-state index < -0.39 is 0 Å². The molecule has 1 N–H and O–H groups in total. The molecule has 0 saturated carbocycles. The normalized spacial score (nSPS) is 17.4. The van der Waals surface area contributed by atoms with Crippen LogP contribution in [0.5, 0.6) is 11.5 Å². The van der Waals surface area contributed by atoms with E-state index in [0.717, 1.165) is 73.6 Å². The fraction of sp³-hybridized carbons (Fsp3) is 0.440. The average Bonchev–Trinajstić information content (AvgIpc) is 3.51. The lowest BCUT2D eigenvalue weighted by Gasteiger charge is -2.30. The summed E-state index contributed by atoms with van der Waals surface area (Å²) in [4.78, 5) is 29.1. The van der Waals surface area contributed by atoms with Gasteiger partial charge in [0.2, 0.25) is 18.6 Å². The van der Waals surface area contributed by atoms with Crippen LogP contribution in [0.1, 0.15) is 43.9 Å². The fourth-order valence-electron chi connectivity index (χ4n) is 4.49. The quantitative estimate of drug-likeness (QED) is 0.577. The molecule has 1 saturated heterocycles. The Morgan fingerprint density at radius 3 is 2.91 bits per heavy atom. The lowest BCUT2D eigenvalue weighted by atomic mass is 10.1. The summed E-state index contributed by atoms with van der Waals surface area (Å²) in [5.74, 6) is 2.96. The zero-order chi connectivity index (χ0) is 23.3. The molecule has 3 aromatic rings. The highest BCUT2D eigenvalue weighted by Crippen LogP contribution is 2.32. The molecule has 0 radical (unpaired) electrons. The summed E-state index contributed by atoms with van der Waals surface area (Å²) in [6.45, 7) is 3.70. The molecule has 9 nitrogen and oxygen atoms in total. The van der Waals surface area contributed by atoms with Gasteiger partial charge >= 0.3 is 0 Å². The number of anilines is 1. The Bertz CT molecular complexity index is 1130. The van der Waals surface area contributed by atoms with Crippen LogP contribution in [0.15, 0.2) is 43.0 Å². The van der Waals surface area contributed by atoms with Crippen LogP contribution in [-0.2, 0) is 17.6 Å². The highest BCUT2D eigenvalue weighted by Gasteiger charge is 2.29. The molecule has 1 fully saturated rings. The number of rotatable bonds is 7. The van der Waals surface area contributed by atoms with Gasteiger partial charge in [-0.25, -0.2) is 9.97 Å². The van der Waals surface area contributed by atoms with Gasteiger partial charge in [0.15, 0.2) is 11.5 Å². The van der Waals surface area contributed by atoms with Crippen LogP contribution in [0.2, 0.25) is 0 Å². The molecule has 1 unspecified atom stereocenters. The Morgan fingerprint density at radius 1 is 1.15 bits per heavy atom. The molecule has 2 aliphatic heterocycles. The van der Waals surface area contributed by atoms with Crippen molar-refractivity contribution in [3.05, 3.63) is 54.2 Å². The maximum Gasteiger partial charge on any atom is 0.242 e. The van der Waals surface area contributed by atoms with E-state index in [1.165, 1.54) is 0 Å². The summed E-state index contributed by atoms with van der Waals surface area (Å²) in [6, 6.07) is 7.68. The first-order valence-corrected chi connectivity index (χ1v) is 12.0. The predicted octanol–water partition coefficient (Wildman–Crippen LogP) is 3.06. The molecule has 34 heavy (non-hydrogen) atoms. The number of amides is 1. The minimum atomic E-state index is -0.255. The Morgan fingerprint density at radius 2 is 2.06 bits per heavy atom. The predicted molar refractivity (Wildman–Crippen MR) is 127 cm³/mol. The first kappa shape index (κ1) is 22.2. The maximum atomic E-state index is 13.3. The molecule has 1 amide bonds. The largest absolute Gasteiger partial charge is 0.454 e. The van der Waals surface area contributed by atoms with E-state index in [-0.39, 0.29) is 18.7 Å². The lowest BCUT2D eigenvalue weighted by molar-refractivity contribution is -0.122. The second-order valence-electron chi connectivity index (χ2n) is 8.63. The third-order valence-corrected chi connectivity index (χ3v) is 6.35. The number of carbonyl (C=O) groups is 1. The van der Waals surface area contributed by atoms with Crippen molar-refractivity contribution in [2.75, 3.05) is 24.8 Å². The van der Waals surface area contributed by atoms with Crippen molar-refractivity contribution in [1.29, 1.82) is 0 Å². The van der Waals surface area contributed by atoms with Crippen LogP contribution < -0.4 is 19.7 Å². The van der Waals surface area contributed by atoms with Gasteiger partial charge in [-0.2, -0.15) is 4.98 Å². The molecule has 2 aromatic heterocycles. The molecule has 0 aliphatic carbocycles. The number of fused-ring (bicyclic) bond motifs is 1. The Hall–Kier alpha value is -3.62. The van der Waals surface area contributed by atoms with E-state index in [1.54, 1.807) is 17.1 Å². The molecular weight excluding hydrogens is 432 g/mol. The SMILES string of the molecule is CCc1cc(N2CCCCCC2C(=O)NCCc2ccc3c(c2)OCO3)nc(-n2ccnc2)n1. The van der Waals surface area contributed by atoms with Gasteiger partial charge in [0, 0.05) is 37.2 Å². The molecule has 1 aromatic carbocycles. The van der Waals surface area contributed by atoms with Crippen LogP contribution in [-0.4, -0.2) is 51.4 Å². The van der Waals surface area contributed by atoms with Crippen LogP contribution in [0, 0.1) is 0 Å². The summed E-state index contributed by atoms with van der Waals surface area (Å²) in [5.41, 5.74) is 2.05. The summed E-state index contributed by atoms with van der Waals surface area (Å²) in [7, 11) is 0. The number of nitrogens with zero attached hydrogens (tertiary/aromatic N) is 5. The number of hydrogen-bond acceptors (Lipinski definition) is 7. The van der Waals surface area contributed by atoms with Gasteiger partial charge in [-0.1, -0.05) is 25.8 Å². The van der Waals surface area contributed by atoms with Crippen molar-refractivity contribution in [3.63, 3.8) is 0 Å². The van der Waals surface area contributed by atoms with Crippen LogP contribution in [0.4, 0.5) is 5.82 Å². The smallest absolute Gasteiger partial charge is 0.242 e. The highest BCUT2D eigenvalue weighted by atomic mass is 16.7. The second kappa shape index (κ2) is 10.1. The third-order valence-electron chi connectivity index (χ3n) is 6.35. The van der Waals surface area contributed by atoms with Crippen molar-refractivity contribution >= 4 is 11.7 Å². The zero-order valence-electron chi connectivity index (χ0n) is 19.4. The monoisotopic (exact) mass is 462 g/mol. The van der Waals surface area contributed by atoms with Gasteiger partial charge in [0.25, 0.3) is 0 Å². The molecule has 4 heterocycles. The van der Waals surface area contributed by atoms with E-state index in [0.29, 0.717) is 12.5 Å². The number of carbonyl (C=O) groups excluding carboxylic acids is 1. The van der Waals surface area contributed by atoms with Crippen molar-refractivity contribution in [1.82, 2.24) is 24.8 Å². The molecule has 0 bridgehead atoms. The van der Waals surface area contributed by atoms with E-state index in [1.807, 2.05) is 30.5 Å². The summed E-state index contributed by atoms with van der Waals surface area (Å²) in [6.07, 6.45) is 10.7. The molecule has 2 aliphatic rings. The standard InChI is InChI=1S/C25H30N6O3/c1-2-19-15-23(29-25(28-19)30-13-11-26-16-30)31-12-5-3-4-6-20(31)24(32)27-10-9-18-7-8-21-22(14-18)34-17-33-21/h7-8,11,13-16,20H,2-6,9-10,12,17H2,1H3,(H,27,32). The van der Waals surface area contributed by atoms with Gasteiger partial charge in [-0.15, -0.1) is 0 Å². The minimum absolute atomic E-state index is 0.0449. The summed E-state index contributed by atoms with van der Waals surface area (Å²) >= 11 is 0. The Kier molecular flexibility index (Phi) is 6.60.